The number of hydrogen-bond donors (Lipinski definition) is 4. The molecule has 0 amide bonds. The zero-order valence-electron chi connectivity index (χ0n) is 14.2. The number of aliphatic carboxylic acids is 4. The van der Waals surface area contributed by atoms with Crippen molar-refractivity contribution in [3.63, 3.8) is 0 Å². The molecule has 10 nitrogen and oxygen atoms in total. The Morgan fingerprint density at radius 1 is 0.704 bits per heavy atom. The molecule has 1 rings (SSSR count). The Balaban J connectivity index is 0.00000210. The predicted molar refractivity (Wildman–Crippen MR) is 91.4 cm³/mol. The van der Waals surface area contributed by atoms with E-state index in [1.165, 1.54) is 9.80 Å². The fourth-order valence-electron chi connectivity index (χ4n) is 3.22. The molecule has 4 N–H and O–H groups in total. The van der Waals surface area contributed by atoms with Gasteiger partial charge in [0.05, 0.1) is 26.2 Å². The molecule has 0 heterocycles. The minimum atomic E-state index is -1.19. The number of halogens is 2. The SMILES string of the molecule is O=C(O)CN(CC(=O)O)C1CCCCC1N(CC(=O)O)CC(=O)O.[Cl][Pt+2][Cl]. The number of rotatable bonds is 10. The molecule has 0 aromatic heterocycles. The van der Waals surface area contributed by atoms with E-state index in [2.05, 4.69) is 0 Å². The molecule has 2 unspecified atom stereocenters. The average Bonchev–Trinajstić information content (AvgIpc) is 2.52. The molecule has 0 radical (unpaired) electrons. The third kappa shape index (κ3) is 11.5. The second-order valence-corrected chi connectivity index (χ2v) is 9.13. The molecule has 1 fully saturated rings. The summed E-state index contributed by atoms with van der Waals surface area (Å²) in [5.74, 6) is -4.76. The van der Waals surface area contributed by atoms with Crippen LogP contribution in [0.1, 0.15) is 25.7 Å². The van der Waals surface area contributed by atoms with Gasteiger partial charge in [-0.05, 0) is 12.8 Å². The van der Waals surface area contributed by atoms with Gasteiger partial charge in [-0.15, -0.1) is 0 Å². The molecule has 0 aromatic carbocycles. The summed E-state index contributed by atoms with van der Waals surface area (Å²) in [5.41, 5.74) is 0. The maximum atomic E-state index is 11.0. The van der Waals surface area contributed by atoms with E-state index >= 15 is 0 Å². The number of carbonyl (C=O) groups is 4. The molecular weight excluding hydrogens is 590 g/mol. The van der Waals surface area contributed by atoms with E-state index in [9.17, 15) is 19.2 Å². The number of carboxylic acid groups (broad SMARTS) is 4. The van der Waals surface area contributed by atoms with Crippen LogP contribution in [-0.2, 0) is 35.7 Å². The van der Waals surface area contributed by atoms with Gasteiger partial charge in [0, 0.05) is 12.1 Å². The molecule has 0 saturated heterocycles. The van der Waals surface area contributed by atoms with E-state index in [-0.39, 0.29) is 0 Å². The second kappa shape index (κ2) is 14.1. The van der Waals surface area contributed by atoms with Crippen LogP contribution >= 0.6 is 18.8 Å². The summed E-state index contributed by atoms with van der Waals surface area (Å²) in [7, 11) is 9.75. The topological polar surface area (TPSA) is 156 Å². The molecule has 27 heavy (non-hydrogen) atoms. The van der Waals surface area contributed by atoms with Gasteiger partial charge in [-0.2, -0.15) is 0 Å². The number of nitrogens with zero attached hydrogens (tertiary/aromatic N) is 2. The summed E-state index contributed by atoms with van der Waals surface area (Å²) >= 11 is -0.472. The molecule has 0 spiro atoms. The van der Waals surface area contributed by atoms with Crippen molar-refractivity contribution in [2.24, 2.45) is 0 Å². The molecule has 158 valence electrons. The van der Waals surface area contributed by atoms with E-state index in [0.29, 0.717) is 12.8 Å². The molecule has 0 aliphatic heterocycles. The van der Waals surface area contributed by atoms with Crippen LogP contribution in [0.5, 0.6) is 0 Å². The summed E-state index contributed by atoms with van der Waals surface area (Å²) < 4.78 is 0. The monoisotopic (exact) mass is 611 g/mol. The van der Waals surface area contributed by atoms with Crippen molar-refractivity contribution in [2.45, 2.75) is 37.8 Å². The van der Waals surface area contributed by atoms with Gasteiger partial charge in [0.1, 0.15) is 0 Å². The summed E-state index contributed by atoms with van der Waals surface area (Å²) in [5, 5.41) is 36.0. The Bertz CT molecular complexity index is 449. The van der Waals surface area contributed by atoms with Gasteiger partial charge in [-0.3, -0.25) is 29.0 Å². The van der Waals surface area contributed by atoms with Crippen molar-refractivity contribution in [2.75, 3.05) is 26.2 Å². The van der Waals surface area contributed by atoms with E-state index in [1.807, 2.05) is 0 Å². The Morgan fingerprint density at radius 3 is 1.11 bits per heavy atom. The first-order valence-corrected chi connectivity index (χ1v) is 13.4. The Hall–Kier alpha value is -0.932. The van der Waals surface area contributed by atoms with Crippen LogP contribution < -0.4 is 0 Å². The molecule has 1 aliphatic carbocycles. The van der Waals surface area contributed by atoms with Gasteiger partial charge < -0.3 is 20.4 Å². The van der Waals surface area contributed by atoms with Crippen molar-refractivity contribution in [1.82, 2.24) is 9.80 Å². The fraction of sp³-hybridized carbons (Fsp3) is 0.714. The van der Waals surface area contributed by atoms with Crippen LogP contribution in [0.3, 0.4) is 0 Å². The Morgan fingerprint density at radius 2 is 0.926 bits per heavy atom. The first kappa shape index (κ1) is 26.1. The van der Waals surface area contributed by atoms with Crippen LogP contribution in [-0.4, -0.2) is 92.4 Å². The quantitative estimate of drug-likeness (QED) is 0.276. The molecule has 1 aliphatic rings. The van der Waals surface area contributed by atoms with E-state index in [0.717, 1.165) is 12.8 Å². The summed E-state index contributed by atoms with van der Waals surface area (Å²) in [6, 6.07) is -1.05. The van der Waals surface area contributed by atoms with Crippen LogP contribution in [0.25, 0.3) is 0 Å². The van der Waals surface area contributed by atoms with Gasteiger partial charge in [0.2, 0.25) is 0 Å². The van der Waals surface area contributed by atoms with Crippen molar-refractivity contribution in [3.05, 3.63) is 0 Å². The van der Waals surface area contributed by atoms with Gasteiger partial charge in [0.25, 0.3) is 0 Å². The first-order chi connectivity index (χ1) is 12.6. The number of hydrogen-bond acceptors (Lipinski definition) is 6. The van der Waals surface area contributed by atoms with E-state index in [4.69, 9.17) is 39.3 Å². The molecule has 13 heteroatoms. The van der Waals surface area contributed by atoms with Gasteiger partial charge in [-0.25, -0.2) is 0 Å². The van der Waals surface area contributed by atoms with Gasteiger partial charge >= 0.3 is 59.2 Å². The van der Waals surface area contributed by atoms with Crippen molar-refractivity contribution < 1.29 is 56.1 Å². The van der Waals surface area contributed by atoms with E-state index in [1.54, 1.807) is 0 Å². The van der Waals surface area contributed by atoms with Crippen LogP contribution in [0.4, 0.5) is 0 Å². The molecule has 0 bridgehead atoms. The van der Waals surface area contributed by atoms with E-state index < -0.39 is 78.6 Å². The zero-order chi connectivity index (χ0) is 21.0. The molecule has 1 saturated carbocycles. The Labute approximate surface area is 172 Å². The zero-order valence-corrected chi connectivity index (χ0v) is 18.0. The third-order valence-electron chi connectivity index (χ3n) is 3.99. The first-order valence-electron chi connectivity index (χ1n) is 7.80. The fourth-order valence-corrected chi connectivity index (χ4v) is 3.22. The Kier molecular flexibility index (Phi) is 13.6. The summed E-state index contributed by atoms with van der Waals surface area (Å²) in [4.78, 5) is 46.7. The van der Waals surface area contributed by atoms with Crippen molar-refractivity contribution in [1.29, 1.82) is 0 Å². The van der Waals surface area contributed by atoms with Crippen molar-refractivity contribution >= 4 is 42.7 Å². The molecule has 2 atom stereocenters. The normalized spacial score (nSPS) is 19.4. The second-order valence-electron chi connectivity index (χ2n) is 5.85. The van der Waals surface area contributed by atoms with Crippen LogP contribution in [0, 0.1) is 0 Å². The van der Waals surface area contributed by atoms with Crippen LogP contribution in [0.15, 0.2) is 0 Å². The minimum absolute atomic E-state index is 0.472. The van der Waals surface area contributed by atoms with Gasteiger partial charge in [-0.1, -0.05) is 12.8 Å². The molecule has 0 aromatic rings. The van der Waals surface area contributed by atoms with Crippen LogP contribution in [0.2, 0.25) is 0 Å². The maximum absolute atomic E-state index is 11.0. The summed E-state index contributed by atoms with van der Waals surface area (Å²) in [6.07, 6.45) is 2.46. The standard InChI is InChI=1S/C14H22N2O8.2ClH.Pt/c17-11(18)5-15(6-12(19)20)9-3-1-2-4-10(9)16(7-13(21)22)8-14(23)24;;;/h9-10H,1-8H2,(H,17,18)(H,19,20)(H,21,22)(H,23,24);2*1H;/q;;;+4/p-2. The van der Waals surface area contributed by atoms with Crippen molar-refractivity contribution in [3.8, 4) is 0 Å². The predicted octanol–water partition coefficient (Wildman–Crippen LogP) is 0.616. The van der Waals surface area contributed by atoms with Gasteiger partial charge in [0.15, 0.2) is 0 Å². The average molecular weight is 612 g/mol. The number of carboxylic acids is 4. The third-order valence-corrected chi connectivity index (χ3v) is 3.99. The summed E-state index contributed by atoms with van der Waals surface area (Å²) in [6.45, 7) is -1.99. The molecular formula is C14H22Cl2N2O8Pt+2.